The van der Waals surface area contributed by atoms with Crippen molar-refractivity contribution in [1.82, 2.24) is 4.90 Å². The zero-order valence-corrected chi connectivity index (χ0v) is 14.7. The number of benzene rings is 2. The number of nitrogens with zero attached hydrogens (tertiary/aromatic N) is 1. The summed E-state index contributed by atoms with van der Waals surface area (Å²) in [6.45, 7) is 6.16. The molecule has 2 aromatic carbocycles. The molecule has 3 rings (SSSR count). The highest BCUT2D eigenvalue weighted by Crippen LogP contribution is 2.40. The minimum Gasteiger partial charge on any atom is -0.490 e. The molecule has 0 aromatic heterocycles. The van der Waals surface area contributed by atoms with Gasteiger partial charge in [0.05, 0.1) is 11.7 Å². The molecule has 1 N–H and O–H groups in total. The lowest BCUT2D eigenvalue weighted by Gasteiger charge is -2.45. The largest absolute Gasteiger partial charge is 0.490 e. The zero-order valence-electron chi connectivity index (χ0n) is 14.7. The molecule has 24 heavy (non-hydrogen) atoms. The number of anilines is 1. The molecule has 2 atom stereocenters. The van der Waals surface area contributed by atoms with Crippen LogP contribution in [0.3, 0.4) is 0 Å². The smallest absolute Gasteiger partial charge is 0.257 e. The van der Waals surface area contributed by atoms with E-state index >= 15 is 0 Å². The number of nitrogens with one attached hydrogen (secondary N) is 1. The van der Waals surface area contributed by atoms with E-state index in [2.05, 4.69) is 19.2 Å². The Morgan fingerprint density at radius 1 is 1.17 bits per heavy atom. The molecule has 2 aromatic rings. The van der Waals surface area contributed by atoms with Crippen LogP contribution in [0, 0.1) is 0 Å². The molecular formula is C20H24N2O2. The molecule has 1 heterocycles. The second-order valence-corrected chi connectivity index (χ2v) is 6.44. The van der Waals surface area contributed by atoms with Crippen molar-refractivity contribution in [3.8, 4) is 5.75 Å². The highest BCUT2D eigenvalue weighted by Gasteiger charge is 2.41. The van der Waals surface area contributed by atoms with Crippen LogP contribution in [-0.4, -0.2) is 24.0 Å². The number of carbonyl (C=O) groups excluding carboxylic acids is 1. The van der Waals surface area contributed by atoms with Crippen molar-refractivity contribution in [2.75, 3.05) is 12.4 Å². The highest BCUT2D eigenvalue weighted by atomic mass is 16.5. The van der Waals surface area contributed by atoms with Crippen LogP contribution in [0.15, 0.2) is 48.5 Å². The van der Waals surface area contributed by atoms with Gasteiger partial charge in [-0.1, -0.05) is 37.3 Å². The van der Waals surface area contributed by atoms with Gasteiger partial charge in [-0.2, -0.15) is 0 Å². The molecule has 4 nitrogen and oxygen atoms in total. The molecule has 4 heteroatoms. The molecule has 1 amide bonds. The van der Waals surface area contributed by atoms with E-state index in [9.17, 15) is 4.79 Å². The molecule has 0 saturated carbocycles. The van der Waals surface area contributed by atoms with Gasteiger partial charge in [0.15, 0.2) is 0 Å². The summed E-state index contributed by atoms with van der Waals surface area (Å²) in [4.78, 5) is 14.6. The SMILES string of the molecule is CCC(C)Oc1ccccc1C1(C)Nc2ccccc2C(=O)N1C. The predicted octanol–water partition coefficient (Wildman–Crippen LogP) is 4.23. The van der Waals surface area contributed by atoms with Gasteiger partial charge < -0.3 is 15.0 Å². The first-order valence-corrected chi connectivity index (χ1v) is 8.39. The maximum absolute atomic E-state index is 12.8. The van der Waals surface area contributed by atoms with Gasteiger partial charge >= 0.3 is 0 Å². The zero-order chi connectivity index (χ0) is 17.3. The van der Waals surface area contributed by atoms with E-state index in [-0.39, 0.29) is 12.0 Å². The maximum atomic E-state index is 12.8. The fraction of sp³-hybridized carbons (Fsp3) is 0.350. The average Bonchev–Trinajstić information content (AvgIpc) is 2.60. The van der Waals surface area contributed by atoms with Crippen LogP contribution in [0.4, 0.5) is 5.69 Å². The van der Waals surface area contributed by atoms with Crippen LogP contribution in [0.2, 0.25) is 0 Å². The predicted molar refractivity (Wildman–Crippen MR) is 96.3 cm³/mol. The van der Waals surface area contributed by atoms with Gasteiger partial charge in [0.2, 0.25) is 0 Å². The van der Waals surface area contributed by atoms with Crippen molar-refractivity contribution in [1.29, 1.82) is 0 Å². The highest BCUT2D eigenvalue weighted by molar-refractivity contribution is 6.02. The Balaban J connectivity index is 2.07. The number of rotatable bonds is 4. The van der Waals surface area contributed by atoms with Gasteiger partial charge in [-0.25, -0.2) is 0 Å². The Morgan fingerprint density at radius 2 is 1.83 bits per heavy atom. The lowest BCUT2D eigenvalue weighted by molar-refractivity contribution is 0.0607. The topological polar surface area (TPSA) is 41.6 Å². The molecule has 126 valence electrons. The third-order valence-corrected chi connectivity index (χ3v) is 4.83. The van der Waals surface area contributed by atoms with E-state index in [4.69, 9.17) is 4.74 Å². The summed E-state index contributed by atoms with van der Waals surface area (Å²) in [6, 6.07) is 15.5. The van der Waals surface area contributed by atoms with Crippen LogP contribution in [-0.2, 0) is 5.66 Å². The van der Waals surface area contributed by atoms with Gasteiger partial charge in [0, 0.05) is 18.3 Å². The summed E-state index contributed by atoms with van der Waals surface area (Å²) >= 11 is 0. The van der Waals surface area contributed by atoms with Gasteiger partial charge in [-0.3, -0.25) is 4.79 Å². The van der Waals surface area contributed by atoms with Crippen LogP contribution in [0.1, 0.15) is 43.1 Å². The molecular weight excluding hydrogens is 300 g/mol. The van der Waals surface area contributed by atoms with E-state index in [0.29, 0.717) is 5.56 Å². The second kappa shape index (κ2) is 6.19. The van der Waals surface area contributed by atoms with Gasteiger partial charge in [0.1, 0.15) is 11.4 Å². The first-order chi connectivity index (χ1) is 11.5. The number of hydrogen-bond acceptors (Lipinski definition) is 3. The van der Waals surface area contributed by atoms with Gasteiger partial charge in [-0.15, -0.1) is 0 Å². The maximum Gasteiger partial charge on any atom is 0.257 e. The second-order valence-electron chi connectivity index (χ2n) is 6.44. The number of fused-ring (bicyclic) bond motifs is 1. The first kappa shape index (κ1) is 16.4. The van der Waals surface area contributed by atoms with Crippen molar-refractivity contribution in [2.24, 2.45) is 0 Å². The summed E-state index contributed by atoms with van der Waals surface area (Å²) in [5.74, 6) is 0.811. The van der Waals surface area contributed by atoms with Crippen LogP contribution in [0.5, 0.6) is 5.75 Å². The number of amides is 1. The molecule has 0 radical (unpaired) electrons. The van der Waals surface area contributed by atoms with E-state index < -0.39 is 5.66 Å². The lowest BCUT2D eigenvalue weighted by atomic mass is 9.93. The van der Waals surface area contributed by atoms with Gasteiger partial charge in [0.25, 0.3) is 5.91 Å². The molecule has 0 saturated heterocycles. The Kier molecular flexibility index (Phi) is 4.22. The Hall–Kier alpha value is -2.49. The molecule has 0 bridgehead atoms. The fourth-order valence-electron chi connectivity index (χ4n) is 3.03. The normalized spacial score (nSPS) is 21.0. The molecule has 1 aliphatic rings. The Bertz CT molecular complexity index is 759. The lowest BCUT2D eigenvalue weighted by Crippen LogP contribution is -2.54. The Labute approximate surface area is 143 Å². The number of hydrogen-bond donors (Lipinski definition) is 1. The number of para-hydroxylation sites is 2. The van der Waals surface area contributed by atoms with Crippen LogP contribution < -0.4 is 10.1 Å². The summed E-state index contributed by atoms with van der Waals surface area (Å²) in [7, 11) is 1.82. The third-order valence-electron chi connectivity index (χ3n) is 4.83. The molecule has 0 aliphatic carbocycles. The van der Waals surface area contributed by atoms with Crippen molar-refractivity contribution in [3.63, 3.8) is 0 Å². The summed E-state index contributed by atoms with van der Waals surface area (Å²) in [5, 5.41) is 3.53. The van der Waals surface area contributed by atoms with E-state index in [1.54, 1.807) is 4.90 Å². The van der Waals surface area contributed by atoms with Crippen molar-refractivity contribution < 1.29 is 9.53 Å². The van der Waals surface area contributed by atoms with Crippen molar-refractivity contribution in [2.45, 2.75) is 39.0 Å². The monoisotopic (exact) mass is 324 g/mol. The van der Waals surface area contributed by atoms with Crippen molar-refractivity contribution >= 4 is 11.6 Å². The minimum atomic E-state index is -0.671. The third kappa shape index (κ3) is 2.62. The summed E-state index contributed by atoms with van der Waals surface area (Å²) < 4.78 is 6.11. The molecule has 0 fully saturated rings. The fourth-order valence-corrected chi connectivity index (χ4v) is 3.03. The Morgan fingerprint density at radius 3 is 2.58 bits per heavy atom. The van der Waals surface area contributed by atoms with Crippen molar-refractivity contribution in [3.05, 3.63) is 59.7 Å². The quantitative estimate of drug-likeness (QED) is 0.915. The molecule has 2 unspecified atom stereocenters. The summed E-state index contributed by atoms with van der Waals surface area (Å²) in [6.07, 6.45) is 1.04. The van der Waals surface area contributed by atoms with E-state index in [1.807, 2.05) is 62.5 Å². The molecule has 0 spiro atoms. The minimum absolute atomic E-state index is 0.00481. The standard InChI is InChI=1S/C20H24N2O2/c1-5-14(2)24-18-13-9-7-11-16(18)20(3)21-17-12-8-6-10-15(17)19(23)22(20)4/h6-14,21H,5H2,1-4H3. The average molecular weight is 324 g/mol. The van der Waals surface area contributed by atoms with Gasteiger partial charge in [-0.05, 0) is 38.5 Å². The first-order valence-electron chi connectivity index (χ1n) is 8.39. The van der Waals surface area contributed by atoms with Crippen LogP contribution >= 0.6 is 0 Å². The summed E-state index contributed by atoms with van der Waals surface area (Å²) in [5.41, 5.74) is 1.82. The van der Waals surface area contributed by atoms with Crippen LogP contribution in [0.25, 0.3) is 0 Å². The van der Waals surface area contributed by atoms with E-state index in [1.165, 1.54) is 0 Å². The number of carbonyl (C=O) groups is 1. The molecule has 1 aliphatic heterocycles. The van der Waals surface area contributed by atoms with E-state index in [0.717, 1.165) is 23.4 Å². The number of ether oxygens (including phenoxy) is 1.